The number of hydrogen-bond donors (Lipinski definition) is 1. The molecule has 3 heteroatoms. The molecule has 2 atom stereocenters. The van der Waals surface area contributed by atoms with Crippen molar-refractivity contribution >= 4 is 0 Å². The highest BCUT2D eigenvalue weighted by Crippen LogP contribution is 2.35. The van der Waals surface area contributed by atoms with Crippen molar-refractivity contribution in [1.82, 2.24) is 0 Å². The second-order valence-corrected chi connectivity index (χ2v) is 3.67. The van der Waals surface area contributed by atoms with Crippen LogP contribution in [0.1, 0.15) is 24.9 Å². The van der Waals surface area contributed by atoms with Gasteiger partial charge in [0.25, 0.3) is 0 Å². The molecule has 0 aromatic heterocycles. The lowest BCUT2D eigenvalue weighted by atomic mass is 9.98. The van der Waals surface area contributed by atoms with Gasteiger partial charge in [0.05, 0.1) is 13.2 Å². The third-order valence-corrected chi connectivity index (χ3v) is 2.53. The van der Waals surface area contributed by atoms with Crippen LogP contribution in [0.2, 0.25) is 0 Å². The largest absolute Gasteiger partial charge is 0.497 e. The standard InChI is InChI=1S/C11H15NO2/c1-7-5-10(12)9-4-3-8(13-2)6-11(9)14-7/h3-4,6-7,10H,5,12H2,1-2H3/t7-,10+/m1/s1. The monoisotopic (exact) mass is 193 g/mol. The second-order valence-electron chi connectivity index (χ2n) is 3.67. The van der Waals surface area contributed by atoms with Crippen LogP contribution in [-0.2, 0) is 0 Å². The molecular weight excluding hydrogens is 178 g/mol. The van der Waals surface area contributed by atoms with Gasteiger partial charge in [-0.1, -0.05) is 6.07 Å². The van der Waals surface area contributed by atoms with E-state index in [1.807, 2.05) is 25.1 Å². The van der Waals surface area contributed by atoms with Crippen molar-refractivity contribution in [3.63, 3.8) is 0 Å². The molecule has 0 bridgehead atoms. The van der Waals surface area contributed by atoms with E-state index in [-0.39, 0.29) is 12.1 Å². The number of methoxy groups -OCH3 is 1. The van der Waals surface area contributed by atoms with E-state index in [9.17, 15) is 0 Å². The third kappa shape index (κ3) is 1.55. The normalized spacial score (nSPS) is 25.1. The molecule has 0 amide bonds. The lowest BCUT2D eigenvalue weighted by molar-refractivity contribution is 0.176. The van der Waals surface area contributed by atoms with Gasteiger partial charge < -0.3 is 15.2 Å². The summed E-state index contributed by atoms with van der Waals surface area (Å²) in [6, 6.07) is 5.87. The highest BCUT2D eigenvalue weighted by Gasteiger charge is 2.23. The Bertz CT molecular complexity index is 338. The van der Waals surface area contributed by atoms with Crippen molar-refractivity contribution in [3.8, 4) is 11.5 Å². The molecule has 2 N–H and O–H groups in total. The van der Waals surface area contributed by atoms with Crippen LogP contribution < -0.4 is 15.2 Å². The molecule has 1 heterocycles. The topological polar surface area (TPSA) is 44.5 Å². The van der Waals surface area contributed by atoms with Crippen LogP contribution in [0.5, 0.6) is 11.5 Å². The maximum Gasteiger partial charge on any atom is 0.128 e. The predicted octanol–water partition coefficient (Wildman–Crippen LogP) is 1.87. The molecule has 0 unspecified atom stereocenters. The summed E-state index contributed by atoms with van der Waals surface area (Å²) in [4.78, 5) is 0. The smallest absolute Gasteiger partial charge is 0.128 e. The maximum atomic E-state index is 6.01. The van der Waals surface area contributed by atoms with Crippen molar-refractivity contribution < 1.29 is 9.47 Å². The highest BCUT2D eigenvalue weighted by molar-refractivity contribution is 5.43. The zero-order valence-corrected chi connectivity index (χ0v) is 8.49. The van der Waals surface area contributed by atoms with Crippen molar-refractivity contribution in [2.45, 2.75) is 25.5 Å². The maximum absolute atomic E-state index is 6.01. The average Bonchev–Trinajstić information content (AvgIpc) is 2.16. The Hall–Kier alpha value is -1.22. The van der Waals surface area contributed by atoms with Gasteiger partial charge in [0.2, 0.25) is 0 Å². The molecular formula is C11H15NO2. The Morgan fingerprint density at radius 3 is 3.00 bits per heavy atom. The van der Waals surface area contributed by atoms with E-state index in [0.29, 0.717) is 0 Å². The SMILES string of the molecule is COc1ccc2c(c1)O[C@H](C)C[C@@H]2N. The number of ether oxygens (including phenoxy) is 2. The van der Waals surface area contributed by atoms with Crippen LogP contribution in [0.4, 0.5) is 0 Å². The quantitative estimate of drug-likeness (QED) is 0.740. The molecule has 1 aromatic carbocycles. The fraction of sp³-hybridized carbons (Fsp3) is 0.455. The molecule has 3 nitrogen and oxygen atoms in total. The first kappa shape index (κ1) is 9.34. The summed E-state index contributed by atoms with van der Waals surface area (Å²) in [5.41, 5.74) is 7.08. The second kappa shape index (κ2) is 3.50. The summed E-state index contributed by atoms with van der Waals surface area (Å²) < 4.78 is 10.8. The molecule has 1 aliphatic rings. The Kier molecular flexibility index (Phi) is 2.33. The van der Waals surface area contributed by atoms with E-state index in [1.54, 1.807) is 7.11 Å². The summed E-state index contributed by atoms with van der Waals surface area (Å²) in [6.07, 6.45) is 1.06. The molecule has 0 fully saturated rings. The number of fused-ring (bicyclic) bond motifs is 1. The van der Waals surface area contributed by atoms with Gasteiger partial charge >= 0.3 is 0 Å². The van der Waals surface area contributed by atoms with Crippen molar-refractivity contribution in [3.05, 3.63) is 23.8 Å². The van der Waals surface area contributed by atoms with Crippen LogP contribution in [0.25, 0.3) is 0 Å². The molecule has 1 aromatic rings. The fourth-order valence-electron chi connectivity index (χ4n) is 1.80. The van der Waals surface area contributed by atoms with Gasteiger partial charge in [-0.15, -0.1) is 0 Å². The summed E-state index contributed by atoms with van der Waals surface area (Å²) in [5, 5.41) is 0. The van der Waals surface area contributed by atoms with E-state index >= 15 is 0 Å². The molecule has 0 spiro atoms. The number of rotatable bonds is 1. The molecule has 14 heavy (non-hydrogen) atoms. The summed E-state index contributed by atoms with van der Waals surface area (Å²) in [7, 11) is 1.65. The van der Waals surface area contributed by atoms with E-state index in [4.69, 9.17) is 15.2 Å². The average molecular weight is 193 g/mol. The first-order chi connectivity index (χ1) is 6.70. The first-order valence-corrected chi connectivity index (χ1v) is 4.81. The van der Waals surface area contributed by atoms with Crippen LogP contribution in [0, 0.1) is 0 Å². The van der Waals surface area contributed by atoms with Crippen molar-refractivity contribution in [2.75, 3.05) is 7.11 Å². The van der Waals surface area contributed by atoms with E-state index in [1.165, 1.54) is 0 Å². The van der Waals surface area contributed by atoms with Gasteiger partial charge in [0, 0.05) is 24.1 Å². The lowest BCUT2D eigenvalue weighted by Gasteiger charge is -2.28. The zero-order chi connectivity index (χ0) is 10.1. The number of hydrogen-bond acceptors (Lipinski definition) is 3. The van der Waals surface area contributed by atoms with Gasteiger partial charge in [-0.3, -0.25) is 0 Å². The van der Waals surface area contributed by atoms with Gasteiger partial charge in [-0.2, -0.15) is 0 Å². The van der Waals surface area contributed by atoms with E-state index < -0.39 is 0 Å². The van der Waals surface area contributed by atoms with E-state index in [2.05, 4.69) is 0 Å². The molecule has 1 aliphatic heterocycles. The minimum Gasteiger partial charge on any atom is -0.497 e. The summed E-state index contributed by atoms with van der Waals surface area (Å²) in [5.74, 6) is 1.67. The Morgan fingerprint density at radius 1 is 1.50 bits per heavy atom. The molecule has 2 rings (SSSR count). The summed E-state index contributed by atoms with van der Waals surface area (Å²) in [6.45, 7) is 2.03. The van der Waals surface area contributed by atoms with Crippen LogP contribution >= 0.6 is 0 Å². The minimum absolute atomic E-state index is 0.0830. The van der Waals surface area contributed by atoms with Crippen LogP contribution in [0.15, 0.2) is 18.2 Å². The van der Waals surface area contributed by atoms with Gasteiger partial charge in [0.15, 0.2) is 0 Å². The highest BCUT2D eigenvalue weighted by atomic mass is 16.5. The Balaban J connectivity index is 2.39. The van der Waals surface area contributed by atoms with Crippen LogP contribution in [0.3, 0.4) is 0 Å². The first-order valence-electron chi connectivity index (χ1n) is 4.81. The fourth-order valence-corrected chi connectivity index (χ4v) is 1.80. The number of benzene rings is 1. The van der Waals surface area contributed by atoms with Gasteiger partial charge in [-0.05, 0) is 13.0 Å². The van der Waals surface area contributed by atoms with Crippen LogP contribution in [-0.4, -0.2) is 13.2 Å². The molecule has 0 saturated carbocycles. The third-order valence-electron chi connectivity index (χ3n) is 2.53. The zero-order valence-electron chi connectivity index (χ0n) is 8.49. The molecule has 0 saturated heterocycles. The van der Waals surface area contributed by atoms with Gasteiger partial charge in [-0.25, -0.2) is 0 Å². The predicted molar refractivity (Wildman–Crippen MR) is 54.6 cm³/mol. The van der Waals surface area contributed by atoms with E-state index in [0.717, 1.165) is 23.5 Å². The Morgan fingerprint density at radius 2 is 2.29 bits per heavy atom. The van der Waals surface area contributed by atoms with Gasteiger partial charge in [0.1, 0.15) is 11.5 Å². The lowest BCUT2D eigenvalue weighted by Crippen LogP contribution is -2.27. The molecule has 0 aliphatic carbocycles. The minimum atomic E-state index is 0.0830. The van der Waals surface area contributed by atoms with Crippen molar-refractivity contribution in [2.24, 2.45) is 5.73 Å². The number of nitrogens with two attached hydrogens (primary N) is 1. The molecule has 0 radical (unpaired) electrons. The summed E-state index contributed by atoms with van der Waals surface area (Å²) >= 11 is 0. The van der Waals surface area contributed by atoms with Crippen molar-refractivity contribution in [1.29, 1.82) is 0 Å². The Labute approximate surface area is 83.8 Å². The molecule has 76 valence electrons.